The number of carbonyl (C=O) groups excluding carboxylic acids is 2. The van der Waals surface area contributed by atoms with E-state index in [1.165, 1.54) is 0 Å². The van der Waals surface area contributed by atoms with Gasteiger partial charge in [0.2, 0.25) is 6.41 Å². The molecule has 0 aliphatic carbocycles. The number of alkyl halides is 3. The molecule has 0 atom stereocenters. The topological polar surface area (TPSA) is 82.4 Å². The van der Waals surface area contributed by atoms with Crippen LogP contribution in [0, 0.1) is 17.1 Å². The maximum Gasteiger partial charge on any atom is 0.431 e. The van der Waals surface area contributed by atoms with Gasteiger partial charge in [-0.05, 0) is 6.07 Å². The standard InChI is InChI=1S/C14H11F4N3O3/c1-20-12(14(16,17)18)5-13(23)21(7-22)10-4-11(24-2)8(6-19)3-9(10)15/h3-5,7,20H,1-2H3/b12-5-. The van der Waals surface area contributed by atoms with Gasteiger partial charge in [0, 0.05) is 19.2 Å². The summed E-state index contributed by atoms with van der Waals surface area (Å²) < 4.78 is 56.7. The van der Waals surface area contributed by atoms with Crippen LogP contribution in [0.4, 0.5) is 23.2 Å². The Morgan fingerprint density at radius 1 is 1.42 bits per heavy atom. The first kappa shape index (κ1) is 19.0. The molecular formula is C14H11F4N3O3. The predicted octanol–water partition coefficient (Wildman–Crippen LogP) is 1.86. The van der Waals surface area contributed by atoms with E-state index in [0.717, 1.165) is 20.2 Å². The number of halogens is 4. The Hall–Kier alpha value is -3.09. The number of benzene rings is 1. The molecular weight excluding hydrogens is 334 g/mol. The van der Waals surface area contributed by atoms with Crippen molar-refractivity contribution in [3.05, 3.63) is 35.3 Å². The van der Waals surface area contributed by atoms with Crippen LogP contribution >= 0.6 is 0 Å². The lowest BCUT2D eigenvalue weighted by Gasteiger charge is -2.17. The Morgan fingerprint density at radius 2 is 2.04 bits per heavy atom. The molecule has 0 spiro atoms. The highest BCUT2D eigenvalue weighted by Gasteiger charge is 2.34. The van der Waals surface area contributed by atoms with Crippen molar-refractivity contribution in [2.45, 2.75) is 6.18 Å². The lowest BCUT2D eigenvalue weighted by atomic mass is 10.1. The summed E-state index contributed by atoms with van der Waals surface area (Å²) in [6.07, 6.45) is -4.90. The van der Waals surface area contributed by atoms with Crippen molar-refractivity contribution in [3.8, 4) is 11.8 Å². The summed E-state index contributed by atoms with van der Waals surface area (Å²) in [7, 11) is 2.09. The molecule has 6 nitrogen and oxygen atoms in total. The highest BCUT2D eigenvalue weighted by Crippen LogP contribution is 2.29. The molecule has 1 rings (SSSR count). The Bertz CT molecular complexity index is 723. The third-order valence-electron chi connectivity index (χ3n) is 2.83. The summed E-state index contributed by atoms with van der Waals surface area (Å²) in [5, 5.41) is 10.6. The van der Waals surface area contributed by atoms with E-state index in [1.54, 1.807) is 11.4 Å². The molecule has 1 N–H and O–H groups in total. The predicted molar refractivity (Wildman–Crippen MR) is 74.4 cm³/mol. The zero-order chi connectivity index (χ0) is 18.5. The molecule has 0 saturated heterocycles. The summed E-state index contributed by atoms with van der Waals surface area (Å²) in [6.45, 7) is 0. The number of nitriles is 1. The zero-order valence-electron chi connectivity index (χ0n) is 12.4. The largest absolute Gasteiger partial charge is 0.495 e. The molecule has 0 bridgehead atoms. The Labute approximate surface area is 133 Å². The fourth-order valence-electron chi connectivity index (χ4n) is 1.70. The molecule has 1 aromatic rings. The normalized spacial score (nSPS) is 11.5. The second kappa shape index (κ2) is 7.45. The molecule has 0 fully saturated rings. The number of anilines is 1. The number of hydrogen-bond acceptors (Lipinski definition) is 5. The zero-order valence-corrected chi connectivity index (χ0v) is 12.4. The average molecular weight is 345 g/mol. The minimum Gasteiger partial charge on any atom is -0.495 e. The molecule has 0 radical (unpaired) electrons. The molecule has 128 valence electrons. The van der Waals surface area contributed by atoms with E-state index < -0.39 is 29.3 Å². The van der Waals surface area contributed by atoms with Crippen molar-refractivity contribution in [1.82, 2.24) is 5.32 Å². The average Bonchev–Trinajstić information content (AvgIpc) is 2.53. The molecule has 0 saturated carbocycles. The van der Waals surface area contributed by atoms with Crippen molar-refractivity contribution < 1.29 is 31.9 Å². The van der Waals surface area contributed by atoms with E-state index in [1.807, 2.05) is 0 Å². The molecule has 0 aliphatic heterocycles. The van der Waals surface area contributed by atoms with Gasteiger partial charge < -0.3 is 10.1 Å². The SMILES string of the molecule is CN/C(=C\C(=O)N(C=O)c1cc(OC)c(C#N)cc1F)C(F)(F)F. The monoisotopic (exact) mass is 345 g/mol. The molecule has 2 amide bonds. The van der Waals surface area contributed by atoms with Crippen molar-refractivity contribution in [2.75, 3.05) is 19.1 Å². The van der Waals surface area contributed by atoms with Crippen LogP contribution in [-0.2, 0) is 9.59 Å². The summed E-state index contributed by atoms with van der Waals surface area (Å²) in [4.78, 5) is 23.1. The first-order chi connectivity index (χ1) is 11.2. The maximum absolute atomic E-state index is 14.0. The quantitative estimate of drug-likeness (QED) is 0.500. The van der Waals surface area contributed by atoms with E-state index in [9.17, 15) is 27.2 Å². The number of imide groups is 1. The van der Waals surface area contributed by atoms with Crippen molar-refractivity contribution in [3.63, 3.8) is 0 Å². The molecule has 24 heavy (non-hydrogen) atoms. The molecule has 0 aromatic heterocycles. The Kier molecular flexibility index (Phi) is 5.89. The van der Waals surface area contributed by atoms with Gasteiger partial charge in [-0.3, -0.25) is 9.59 Å². The fourth-order valence-corrected chi connectivity index (χ4v) is 1.70. The van der Waals surface area contributed by atoms with Crippen LogP contribution in [0.2, 0.25) is 0 Å². The number of nitrogens with zero attached hydrogens (tertiary/aromatic N) is 2. The van der Waals surface area contributed by atoms with E-state index in [2.05, 4.69) is 0 Å². The molecule has 10 heteroatoms. The van der Waals surface area contributed by atoms with E-state index in [-0.39, 0.29) is 28.7 Å². The van der Waals surface area contributed by atoms with E-state index in [0.29, 0.717) is 6.07 Å². The Morgan fingerprint density at radius 3 is 2.46 bits per heavy atom. The van der Waals surface area contributed by atoms with Crippen LogP contribution in [0.3, 0.4) is 0 Å². The van der Waals surface area contributed by atoms with Gasteiger partial charge in [0.15, 0.2) is 0 Å². The van der Waals surface area contributed by atoms with Gasteiger partial charge in [0.25, 0.3) is 5.91 Å². The van der Waals surface area contributed by atoms with Crippen LogP contribution in [0.25, 0.3) is 0 Å². The second-order valence-electron chi connectivity index (χ2n) is 4.24. The van der Waals surface area contributed by atoms with Gasteiger partial charge in [-0.25, -0.2) is 9.29 Å². The lowest BCUT2D eigenvalue weighted by Crippen LogP contribution is -2.32. The summed E-state index contributed by atoms with van der Waals surface area (Å²) >= 11 is 0. The van der Waals surface area contributed by atoms with Crippen LogP contribution in [0.5, 0.6) is 5.75 Å². The summed E-state index contributed by atoms with van der Waals surface area (Å²) in [5.74, 6) is -2.74. The van der Waals surface area contributed by atoms with Crippen LogP contribution in [0.1, 0.15) is 5.56 Å². The highest BCUT2D eigenvalue weighted by molar-refractivity contribution is 6.12. The molecule has 0 aliphatic rings. The summed E-state index contributed by atoms with van der Waals surface area (Å²) in [6, 6.07) is 3.20. The maximum atomic E-state index is 14.0. The minimum atomic E-state index is -4.86. The third kappa shape index (κ3) is 4.01. The second-order valence-corrected chi connectivity index (χ2v) is 4.24. The number of nitrogens with one attached hydrogen (secondary N) is 1. The first-order valence-corrected chi connectivity index (χ1v) is 6.22. The lowest BCUT2D eigenvalue weighted by molar-refractivity contribution is -0.120. The number of allylic oxidation sites excluding steroid dienone is 1. The number of ether oxygens (including phenoxy) is 1. The van der Waals surface area contributed by atoms with Gasteiger partial charge in [-0.15, -0.1) is 0 Å². The van der Waals surface area contributed by atoms with Crippen LogP contribution in [0.15, 0.2) is 23.9 Å². The highest BCUT2D eigenvalue weighted by atomic mass is 19.4. The van der Waals surface area contributed by atoms with Crippen LogP contribution in [-0.4, -0.2) is 32.7 Å². The van der Waals surface area contributed by atoms with Gasteiger partial charge in [0.1, 0.15) is 23.3 Å². The first-order valence-electron chi connectivity index (χ1n) is 6.22. The van der Waals surface area contributed by atoms with Crippen molar-refractivity contribution >= 4 is 18.0 Å². The Balaban J connectivity index is 3.38. The van der Waals surface area contributed by atoms with Crippen molar-refractivity contribution in [2.24, 2.45) is 0 Å². The van der Waals surface area contributed by atoms with Crippen molar-refractivity contribution in [1.29, 1.82) is 5.26 Å². The number of rotatable bonds is 5. The van der Waals surface area contributed by atoms with Crippen LogP contribution < -0.4 is 15.0 Å². The number of amides is 2. The summed E-state index contributed by atoms with van der Waals surface area (Å²) in [5.41, 5.74) is -2.28. The van der Waals surface area contributed by atoms with Gasteiger partial charge >= 0.3 is 6.18 Å². The van der Waals surface area contributed by atoms with Gasteiger partial charge in [-0.1, -0.05) is 0 Å². The smallest absolute Gasteiger partial charge is 0.431 e. The fraction of sp³-hybridized carbons (Fsp3) is 0.214. The van der Waals surface area contributed by atoms with Gasteiger partial charge in [-0.2, -0.15) is 18.4 Å². The van der Waals surface area contributed by atoms with Gasteiger partial charge in [0.05, 0.1) is 18.4 Å². The van der Waals surface area contributed by atoms with E-state index in [4.69, 9.17) is 10.00 Å². The molecule has 1 aromatic carbocycles. The minimum absolute atomic E-state index is 0.110. The number of methoxy groups -OCH3 is 1. The molecule has 0 heterocycles. The van der Waals surface area contributed by atoms with E-state index >= 15 is 0 Å². The third-order valence-corrected chi connectivity index (χ3v) is 2.83. The molecule has 0 unspecified atom stereocenters. The number of hydrogen-bond donors (Lipinski definition) is 1. The number of carbonyl (C=O) groups is 2.